The summed E-state index contributed by atoms with van der Waals surface area (Å²) in [5.41, 5.74) is 0.387. The highest BCUT2D eigenvalue weighted by Gasteiger charge is 2.16. The number of nitrogens with zero attached hydrogens (tertiary/aromatic N) is 1. The van der Waals surface area contributed by atoms with Crippen molar-refractivity contribution in [3.05, 3.63) is 71.8 Å². The highest BCUT2D eigenvalue weighted by Crippen LogP contribution is 2.26. The molecule has 0 bridgehead atoms. The number of aromatic nitrogens is 1. The third-order valence-corrected chi connectivity index (χ3v) is 5.00. The number of hydrogen-bond acceptors (Lipinski definition) is 5. The number of halogens is 2. The van der Waals surface area contributed by atoms with Gasteiger partial charge in [0.05, 0.1) is 16.7 Å². The number of oxazole rings is 1. The Morgan fingerprint density at radius 3 is 2.38 bits per heavy atom. The maximum absolute atomic E-state index is 13.8. The summed E-state index contributed by atoms with van der Waals surface area (Å²) in [6.45, 7) is 0.195. The highest BCUT2D eigenvalue weighted by atomic mass is 32.2. The van der Waals surface area contributed by atoms with E-state index in [1.54, 1.807) is 12.1 Å². The van der Waals surface area contributed by atoms with Crippen LogP contribution in [0.4, 0.5) is 8.78 Å². The molecule has 0 spiro atoms. The van der Waals surface area contributed by atoms with E-state index in [1.807, 2.05) is 0 Å². The molecule has 7 nitrogen and oxygen atoms in total. The van der Waals surface area contributed by atoms with Crippen molar-refractivity contribution in [2.75, 3.05) is 0 Å². The van der Waals surface area contributed by atoms with Crippen LogP contribution in [0.3, 0.4) is 0 Å². The van der Waals surface area contributed by atoms with Crippen LogP contribution in [0.2, 0.25) is 0 Å². The van der Waals surface area contributed by atoms with Gasteiger partial charge in [0.25, 0.3) is 0 Å². The van der Waals surface area contributed by atoms with Crippen molar-refractivity contribution < 1.29 is 26.4 Å². The average Bonchev–Trinajstić information content (AvgIpc) is 3.13. The minimum Gasteiger partial charge on any atom is -0.441 e. The van der Waals surface area contributed by atoms with Crippen molar-refractivity contribution in [2.45, 2.75) is 24.3 Å². The van der Waals surface area contributed by atoms with Gasteiger partial charge in [-0.3, -0.25) is 4.79 Å². The Hall–Kier alpha value is -3.11. The van der Waals surface area contributed by atoms with Crippen LogP contribution in [0.5, 0.6) is 0 Å². The zero-order chi connectivity index (χ0) is 21.0. The largest absolute Gasteiger partial charge is 0.441 e. The second-order valence-corrected chi connectivity index (χ2v) is 7.74. The standard InChI is InChI=1S/C19H17F2N3O4S/c20-14-2-1-3-15(21)19(14)16-11-24-18(28-16)9-8-17(25)23-10-12-4-6-13(7-5-12)29(22,26)27/h1-7,11H,8-10H2,(H,23,25)(H2,22,26,27). The molecule has 0 saturated carbocycles. The van der Waals surface area contributed by atoms with Crippen molar-refractivity contribution >= 4 is 15.9 Å². The molecule has 0 fully saturated rings. The molecule has 2 aromatic carbocycles. The number of amides is 1. The van der Waals surface area contributed by atoms with E-state index in [9.17, 15) is 22.0 Å². The van der Waals surface area contributed by atoms with Crippen molar-refractivity contribution in [3.63, 3.8) is 0 Å². The lowest BCUT2D eigenvalue weighted by molar-refractivity contribution is -0.121. The summed E-state index contributed by atoms with van der Waals surface area (Å²) in [5.74, 6) is -1.70. The Balaban J connectivity index is 1.53. The number of rotatable bonds is 7. The van der Waals surface area contributed by atoms with Gasteiger partial charge in [-0.05, 0) is 29.8 Å². The molecule has 1 aromatic heterocycles. The fourth-order valence-electron chi connectivity index (χ4n) is 2.58. The third-order valence-electron chi connectivity index (χ3n) is 4.07. The first-order chi connectivity index (χ1) is 13.7. The quantitative estimate of drug-likeness (QED) is 0.608. The number of benzene rings is 2. The van der Waals surface area contributed by atoms with Crippen molar-refractivity contribution in [2.24, 2.45) is 5.14 Å². The Kier molecular flexibility index (Phi) is 6.04. The normalized spacial score (nSPS) is 11.4. The van der Waals surface area contributed by atoms with E-state index in [0.29, 0.717) is 5.56 Å². The van der Waals surface area contributed by atoms with E-state index in [1.165, 1.54) is 24.4 Å². The second-order valence-electron chi connectivity index (χ2n) is 6.18. The van der Waals surface area contributed by atoms with Gasteiger partial charge >= 0.3 is 0 Å². The van der Waals surface area contributed by atoms with Gasteiger partial charge in [-0.25, -0.2) is 27.3 Å². The number of sulfonamides is 1. The smallest absolute Gasteiger partial charge is 0.238 e. The Morgan fingerprint density at radius 1 is 1.10 bits per heavy atom. The number of aryl methyl sites for hydroxylation is 1. The lowest BCUT2D eigenvalue weighted by atomic mass is 10.1. The molecule has 0 radical (unpaired) electrons. The molecule has 3 aromatic rings. The number of hydrogen-bond donors (Lipinski definition) is 2. The maximum atomic E-state index is 13.8. The van der Waals surface area contributed by atoms with E-state index in [-0.39, 0.29) is 47.4 Å². The topological polar surface area (TPSA) is 115 Å². The van der Waals surface area contributed by atoms with Gasteiger partial charge < -0.3 is 9.73 Å². The number of primary sulfonamides is 1. The number of nitrogens with one attached hydrogen (secondary N) is 1. The van der Waals surface area contributed by atoms with Crippen LogP contribution in [0.15, 0.2) is 58.0 Å². The molecule has 1 amide bonds. The van der Waals surface area contributed by atoms with Crippen LogP contribution in [-0.2, 0) is 27.8 Å². The van der Waals surface area contributed by atoms with Gasteiger partial charge in [0.1, 0.15) is 11.6 Å². The van der Waals surface area contributed by atoms with Crippen molar-refractivity contribution in [1.29, 1.82) is 0 Å². The van der Waals surface area contributed by atoms with Gasteiger partial charge in [0.2, 0.25) is 15.9 Å². The Bertz CT molecular complexity index is 1110. The first kappa shape index (κ1) is 20.6. The summed E-state index contributed by atoms with van der Waals surface area (Å²) in [6, 6.07) is 9.28. The predicted molar refractivity (Wildman–Crippen MR) is 99.8 cm³/mol. The lowest BCUT2D eigenvalue weighted by Gasteiger charge is -2.05. The van der Waals surface area contributed by atoms with Crippen LogP contribution in [0.1, 0.15) is 17.9 Å². The molecule has 3 rings (SSSR count). The van der Waals surface area contributed by atoms with Crippen molar-refractivity contribution in [1.82, 2.24) is 10.3 Å². The first-order valence-corrected chi connectivity index (χ1v) is 10.1. The Morgan fingerprint density at radius 2 is 1.76 bits per heavy atom. The number of nitrogens with two attached hydrogens (primary N) is 1. The van der Waals surface area contributed by atoms with Gasteiger partial charge in [-0.15, -0.1) is 0 Å². The second kappa shape index (κ2) is 8.50. The van der Waals surface area contributed by atoms with Crippen molar-refractivity contribution in [3.8, 4) is 11.3 Å². The molecule has 10 heteroatoms. The molecule has 0 unspecified atom stereocenters. The molecular weight excluding hydrogens is 404 g/mol. The van der Waals surface area contributed by atoms with E-state index >= 15 is 0 Å². The molecule has 0 saturated heterocycles. The van der Waals surface area contributed by atoms with Gasteiger partial charge in [0.15, 0.2) is 11.7 Å². The molecule has 0 aliphatic rings. The molecule has 3 N–H and O–H groups in total. The van der Waals surface area contributed by atoms with E-state index < -0.39 is 21.7 Å². The molecule has 0 atom stereocenters. The fraction of sp³-hybridized carbons (Fsp3) is 0.158. The molecule has 29 heavy (non-hydrogen) atoms. The van der Waals surface area contributed by atoms with Crippen LogP contribution >= 0.6 is 0 Å². The molecule has 0 aliphatic carbocycles. The lowest BCUT2D eigenvalue weighted by Crippen LogP contribution is -2.23. The zero-order valence-electron chi connectivity index (χ0n) is 15.1. The summed E-state index contributed by atoms with van der Waals surface area (Å²) in [7, 11) is -3.77. The van der Waals surface area contributed by atoms with Crippen LogP contribution in [0.25, 0.3) is 11.3 Å². The van der Waals surface area contributed by atoms with E-state index in [0.717, 1.165) is 12.1 Å². The van der Waals surface area contributed by atoms with Gasteiger partial charge in [-0.2, -0.15) is 0 Å². The molecule has 0 aliphatic heterocycles. The molecule has 152 valence electrons. The summed E-state index contributed by atoms with van der Waals surface area (Å²) in [5, 5.41) is 7.70. The predicted octanol–water partition coefficient (Wildman–Crippen LogP) is 2.52. The third kappa shape index (κ3) is 5.24. The van der Waals surface area contributed by atoms with Crippen LogP contribution < -0.4 is 10.5 Å². The monoisotopic (exact) mass is 421 g/mol. The van der Waals surface area contributed by atoms with Crippen LogP contribution in [0, 0.1) is 11.6 Å². The first-order valence-electron chi connectivity index (χ1n) is 8.51. The maximum Gasteiger partial charge on any atom is 0.238 e. The summed E-state index contributed by atoms with van der Waals surface area (Å²) in [6.07, 6.45) is 1.41. The minimum absolute atomic E-state index is 0.0152. The zero-order valence-corrected chi connectivity index (χ0v) is 15.9. The SMILES string of the molecule is NS(=O)(=O)c1ccc(CNC(=O)CCc2ncc(-c3c(F)cccc3F)o2)cc1. The summed E-state index contributed by atoms with van der Waals surface area (Å²) < 4.78 is 55.3. The van der Waals surface area contributed by atoms with E-state index in [2.05, 4.69) is 10.3 Å². The molecular formula is C19H17F2N3O4S. The van der Waals surface area contributed by atoms with Crippen LogP contribution in [-0.4, -0.2) is 19.3 Å². The van der Waals surface area contributed by atoms with Gasteiger partial charge in [-0.1, -0.05) is 18.2 Å². The van der Waals surface area contributed by atoms with E-state index in [4.69, 9.17) is 9.56 Å². The fourth-order valence-corrected chi connectivity index (χ4v) is 3.10. The van der Waals surface area contributed by atoms with Gasteiger partial charge in [0, 0.05) is 19.4 Å². The summed E-state index contributed by atoms with van der Waals surface area (Å²) >= 11 is 0. The Labute approximate surface area is 165 Å². The summed E-state index contributed by atoms with van der Waals surface area (Å²) in [4.78, 5) is 15.9. The minimum atomic E-state index is -3.77. The molecule has 1 heterocycles. The average molecular weight is 421 g/mol. The number of carbonyl (C=O) groups is 1. The number of carbonyl (C=O) groups excluding carboxylic acids is 1. The highest BCUT2D eigenvalue weighted by molar-refractivity contribution is 7.89.